The van der Waals surface area contributed by atoms with Gasteiger partial charge in [0.1, 0.15) is 6.61 Å². The average Bonchev–Trinajstić information content (AvgIpc) is 2.61. The van der Waals surface area contributed by atoms with Crippen molar-refractivity contribution in [1.29, 1.82) is 0 Å². The fourth-order valence-electron chi connectivity index (χ4n) is 2.02. The fourth-order valence-corrected chi connectivity index (χ4v) is 2.02. The van der Waals surface area contributed by atoms with Gasteiger partial charge < -0.3 is 9.47 Å². The first-order valence-corrected chi connectivity index (χ1v) is 7.85. The molecule has 2 rings (SSSR count). The summed E-state index contributed by atoms with van der Waals surface area (Å²) in [7, 11) is 0. The standard InChI is InChI=1S/C20H22O3/c1-2-15-22-19(14-13-17-9-5-3-6-10-17)20(21)23-16-18-11-7-4-8-12-18/h3-14,19H,2,15-16H2,1H3/t19-/m0/s1. The topological polar surface area (TPSA) is 35.5 Å². The van der Waals surface area contributed by atoms with Crippen LogP contribution in [0.4, 0.5) is 0 Å². The van der Waals surface area contributed by atoms with E-state index < -0.39 is 6.10 Å². The van der Waals surface area contributed by atoms with Gasteiger partial charge in [0.15, 0.2) is 6.10 Å². The Kier molecular flexibility index (Phi) is 7.08. The summed E-state index contributed by atoms with van der Waals surface area (Å²) in [4.78, 5) is 12.2. The smallest absolute Gasteiger partial charge is 0.339 e. The third kappa shape index (κ3) is 6.09. The van der Waals surface area contributed by atoms with Crippen LogP contribution in [-0.2, 0) is 20.9 Å². The molecular weight excluding hydrogens is 288 g/mol. The molecule has 0 saturated carbocycles. The first-order chi connectivity index (χ1) is 11.3. The average molecular weight is 310 g/mol. The molecular formula is C20H22O3. The van der Waals surface area contributed by atoms with E-state index >= 15 is 0 Å². The highest BCUT2D eigenvalue weighted by atomic mass is 16.6. The van der Waals surface area contributed by atoms with E-state index in [-0.39, 0.29) is 12.6 Å². The van der Waals surface area contributed by atoms with Crippen molar-refractivity contribution in [3.8, 4) is 0 Å². The Morgan fingerprint density at radius 3 is 2.35 bits per heavy atom. The van der Waals surface area contributed by atoms with Gasteiger partial charge in [-0.25, -0.2) is 4.79 Å². The van der Waals surface area contributed by atoms with Crippen molar-refractivity contribution in [3.05, 3.63) is 77.9 Å². The lowest BCUT2D eigenvalue weighted by Crippen LogP contribution is -2.25. The van der Waals surface area contributed by atoms with Crippen molar-refractivity contribution >= 4 is 12.0 Å². The maximum Gasteiger partial charge on any atom is 0.339 e. The zero-order chi connectivity index (χ0) is 16.3. The van der Waals surface area contributed by atoms with Crippen molar-refractivity contribution < 1.29 is 14.3 Å². The largest absolute Gasteiger partial charge is 0.459 e. The molecule has 0 spiro atoms. The minimum absolute atomic E-state index is 0.255. The predicted octanol–water partition coefficient (Wildman–Crippen LogP) is 4.24. The summed E-state index contributed by atoms with van der Waals surface area (Å²) < 4.78 is 11.0. The van der Waals surface area contributed by atoms with Crippen molar-refractivity contribution in [3.63, 3.8) is 0 Å². The SMILES string of the molecule is CCCO[C@@H](C=Cc1ccccc1)C(=O)OCc1ccccc1. The third-order valence-corrected chi connectivity index (χ3v) is 3.22. The molecule has 0 heterocycles. The highest BCUT2D eigenvalue weighted by molar-refractivity contribution is 5.78. The van der Waals surface area contributed by atoms with Crippen LogP contribution in [0.5, 0.6) is 0 Å². The Labute approximate surface area is 137 Å². The lowest BCUT2D eigenvalue weighted by atomic mass is 10.2. The molecule has 2 aromatic carbocycles. The van der Waals surface area contributed by atoms with Gasteiger partial charge in [0.2, 0.25) is 0 Å². The second-order valence-electron chi connectivity index (χ2n) is 5.15. The normalized spacial score (nSPS) is 12.2. The minimum atomic E-state index is -0.682. The molecule has 2 aromatic rings. The lowest BCUT2D eigenvalue weighted by molar-refractivity contribution is -0.155. The molecule has 0 N–H and O–H groups in total. The molecule has 0 aliphatic heterocycles. The molecule has 120 valence electrons. The van der Waals surface area contributed by atoms with Crippen molar-refractivity contribution in [2.45, 2.75) is 26.1 Å². The predicted molar refractivity (Wildman–Crippen MR) is 91.7 cm³/mol. The Morgan fingerprint density at radius 2 is 1.70 bits per heavy atom. The van der Waals surface area contributed by atoms with E-state index in [0.717, 1.165) is 17.5 Å². The molecule has 0 bridgehead atoms. The van der Waals surface area contributed by atoms with Crippen molar-refractivity contribution in [2.24, 2.45) is 0 Å². The zero-order valence-corrected chi connectivity index (χ0v) is 13.4. The molecule has 0 amide bonds. The first kappa shape index (κ1) is 17.0. The van der Waals surface area contributed by atoms with E-state index in [4.69, 9.17) is 9.47 Å². The highest BCUT2D eigenvalue weighted by Crippen LogP contribution is 2.08. The molecule has 1 atom stereocenters. The summed E-state index contributed by atoms with van der Waals surface area (Å²) in [5, 5.41) is 0. The number of hydrogen-bond acceptors (Lipinski definition) is 3. The summed E-state index contributed by atoms with van der Waals surface area (Å²) in [6.07, 6.45) is 3.79. The lowest BCUT2D eigenvalue weighted by Gasteiger charge is -2.13. The Balaban J connectivity index is 1.96. The molecule has 0 saturated heterocycles. The van der Waals surface area contributed by atoms with Crippen LogP contribution in [0.25, 0.3) is 6.08 Å². The van der Waals surface area contributed by atoms with Crippen LogP contribution in [0.3, 0.4) is 0 Å². The summed E-state index contributed by atoms with van der Waals surface area (Å²) in [5.41, 5.74) is 1.98. The summed E-state index contributed by atoms with van der Waals surface area (Å²) in [5.74, 6) is -0.366. The van der Waals surface area contributed by atoms with E-state index in [0.29, 0.717) is 6.61 Å². The molecule has 3 nitrogen and oxygen atoms in total. The number of ether oxygens (including phenoxy) is 2. The van der Waals surface area contributed by atoms with Crippen LogP contribution in [0.2, 0.25) is 0 Å². The Bertz CT molecular complexity index is 605. The third-order valence-electron chi connectivity index (χ3n) is 3.22. The second-order valence-corrected chi connectivity index (χ2v) is 5.15. The number of esters is 1. The number of carbonyl (C=O) groups excluding carboxylic acids is 1. The monoisotopic (exact) mass is 310 g/mol. The highest BCUT2D eigenvalue weighted by Gasteiger charge is 2.17. The van der Waals surface area contributed by atoms with Gasteiger partial charge in [-0.1, -0.05) is 73.7 Å². The molecule has 0 fully saturated rings. The Hall–Kier alpha value is -2.39. The van der Waals surface area contributed by atoms with Gasteiger partial charge >= 0.3 is 5.97 Å². The zero-order valence-electron chi connectivity index (χ0n) is 13.4. The fraction of sp³-hybridized carbons (Fsp3) is 0.250. The quantitative estimate of drug-likeness (QED) is 0.684. The van der Waals surface area contributed by atoms with Crippen LogP contribution in [0, 0.1) is 0 Å². The Morgan fingerprint density at radius 1 is 1.04 bits per heavy atom. The van der Waals surface area contributed by atoms with Crippen LogP contribution < -0.4 is 0 Å². The van der Waals surface area contributed by atoms with E-state index in [1.807, 2.05) is 73.7 Å². The molecule has 23 heavy (non-hydrogen) atoms. The summed E-state index contributed by atoms with van der Waals surface area (Å²) in [6, 6.07) is 19.4. The van der Waals surface area contributed by atoms with E-state index in [1.54, 1.807) is 6.08 Å². The summed E-state index contributed by atoms with van der Waals surface area (Å²) >= 11 is 0. The van der Waals surface area contributed by atoms with Gasteiger partial charge in [0.05, 0.1) is 0 Å². The van der Waals surface area contributed by atoms with Crippen LogP contribution in [0.1, 0.15) is 24.5 Å². The van der Waals surface area contributed by atoms with Crippen LogP contribution >= 0.6 is 0 Å². The van der Waals surface area contributed by atoms with Gasteiger partial charge in [-0.15, -0.1) is 0 Å². The van der Waals surface area contributed by atoms with E-state index in [9.17, 15) is 4.79 Å². The van der Waals surface area contributed by atoms with Crippen molar-refractivity contribution in [2.75, 3.05) is 6.61 Å². The molecule has 0 radical (unpaired) electrons. The van der Waals surface area contributed by atoms with E-state index in [1.165, 1.54) is 0 Å². The van der Waals surface area contributed by atoms with Gasteiger partial charge in [-0.2, -0.15) is 0 Å². The van der Waals surface area contributed by atoms with Gasteiger partial charge in [-0.05, 0) is 23.6 Å². The molecule has 0 aromatic heterocycles. The van der Waals surface area contributed by atoms with E-state index in [2.05, 4.69) is 0 Å². The van der Waals surface area contributed by atoms with Crippen LogP contribution in [-0.4, -0.2) is 18.7 Å². The molecule has 0 unspecified atom stereocenters. The minimum Gasteiger partial charge on any atom is -0.459 e. The van der Waals surface area contributed by atoms with Gasteiger partial charge in [-0.3, -0.25) is 0 Å². The first-order valence-electron chi connectivity index (χ1n) is 7.85. The molecule has 0 aliphatic rings. The number of benzene rings is 2. The maximum absolute atomic E-state index is 12.2. The van der Waals surface area contributed by atoms with Gasteiger partial charge in [0, 0.05) is 6.61 Å². The second kappa shape index (κ2) is 9.59. The van der Waals surface area contributed by atoms with Crippen molar-refractivity contribution in [1.82, 2.24) is 0 Å². The summed E-state index contributed by atoms with van der Waals surface area (Å²) in [6.45, 7) is 2.78. The molecule has 0 aliphatic carbocycles. The van der Waals surface area contributed by atoms with Crippen LogP contribution in [0.15, 0.2) is 66.7 Å². The van der Waals surface area contributed by atoms with Gasteiger partial charge in [0.25, 0.3) is 0 Å². The molecule has 3 heteroatoms. The number of hydrogen-bond donors (Lipinski definition) is 0. The number of rotatable bonds is 8. The number of carbonyl (C=O) groups is 1. The maximum atomic E-state index is 12.2.